The second-order valence-corrected chi connectivity index (χ2v) is 26.8. The quantitative estimate of drug-likeness (QED) is 0.0832. The van der Waals surface area contributed by atoms with Crippen LogP contribution in [0, 0.1) is 34.5 Å². The zero-order valence-corrected chi connectivity index (χ0v) is 52.0. The van der Waals surface area contributed by atoms with Gasteiger partial charge in [-0.15, -0.1) is 0 Å². The minimum atomic E-state index is -1.64. The molecule has 4 saturated carbocycles. The summed E-state index contributed by atoms with van der Waals surface area (Å²) in [4.78, 5) is 25.9. The molecule has 484 valence electrons. The van der Waals surface area contributed by atoms with Crippen molar-refractivity contribution in [3.05, 3.63) is 0 Å². The van der Waals surface area contributed by atoms with Crippen molar-refractivity contribution < 1.29 is 111 Å². The molecule has 0 unspecified atom stereocenters. The van der Waals surface area contributed by atoms with Crippen LogP contribution in [0.3, 0.4) is 0 Å². The van der Waals surface area contributed by atoms with E-state index in [1.54, 1.807) is 41.9 Å². The van der Waals surface area contributed by atoms with E-state index in [0.717, 1.165) is 25.7 Å². The number of carbonyl (C=O) groups excluding carboxylic acids is 2. The third-order valence-electron chi connectivity index (χ3n) is 22.1. The van der Waals surface area contributed by atoms with E-state index in [9.17, 15) is 40.2 Å². The Hall–Kier alpha value is -1.82. The lowest BCUT2D eigenvalue weighted by atomic mass is 9.42. The van der Waals surface area contributed by atoms with Crippen molar-refractivity contribution in [3.8, 4) is 0 Å². The summed E-state index contributed by atoms with van der Waals surface area (Å²) in [5.41, 5.74) is -4.54. The molecule has 5 heterocycles. The van der Waals surface area contributed by atoms with E-state index in [1.165, 1.54) is 14.0 Å². The average Bonchev–Trinajstić information content (AvgIpc) is 1.40. The number of esters is 2. The number of carbonyl (C=O) groups is 2. The Balaban J connectivity index is 0.740. The molecule has 0 spiro atoms. The Bertz CT molecular complexity index is 2170. The Morgan fingerprint density at radius 3 is 1.62 bits per heavy atom. The van der Waals surface area contributed by atoms with Gasteiger partial charge in [0.15, 0.2) is 31.5 Å². The van der Waals surface area contributed by atoms with E-state index in [-0.39, 0.29) is 73.7 Å². The molecule has 23 heteroatoms. The molecule has 6 N–H and O–H groups in total. The maximum atomic E-state index is 13.1. The SMILES string of the molecule is CC[C@@H](C)C(=O)O[C@H](C)[C@]1(O)CC[C@@]2(O)[C@@H]3CC[C@H]4C[C@H](O[C@H]5C[C@@H](O)[C@H](O[C@H]6C[C@@H](O)[C@H](O[C@H]7C[C@@H](OC)[C@H](O[C@H]8C[C@@H](OC)[C@H](O[C@H]9O[C@@H](C)[C@H](O)[C@@H](OC)[C@@H]9O)[C@@H](C)O8)[C@@H](C)O7)[C@@H](C)O6)[C@@H](C)O5)CC[C@@]4(C)[C@H]3C[C@@H](OC(C)=O)[C@@]21C. The number of rotatable bonds is 18. The Morgan fingerprint density at radius 1 is 0.571 bits per heavy atom. The Kier molecular flexibility index (Phi) is 21.1. The van der Waals surface area contributed by atoms with Crippen LogP contribution in [0.2, 0.25) is 0 Å². The molecule has 5 saturated heterocycles. The van der Waals surface area contributed by atoms with Crippen molar-refractivity contribution in [3.63, 3.8) is 0 Å². The fourth-order valence-electron chi connectivity index (χ4n) is 16.8. The van der Waals surface area contributed by atoms with Gasteiger partial charge in [-0.05, 0) is 122 Å². The van der Waals surface area contributed by atoms with E-state index >= 15 is 0 Å². The van der Waals surface area contributed by atoms with E-state index < -0.39 is 170 Å². The number of methoxy groups -OCH3 is 3. The van der Waals surface area contributed by atoms with Crippen LogP contribution < -0.4 is 0 Å². The van der Waals surface area contributed by atoms with Gasteiger partial charge in [0.2, 0.25) is 0 Å². The fraction of sp³-hybridized carbons (Fsp3) is 0.967. The highest BCUT2D eigenvalue weighted by molar-refractivity contribution is 5.72. The van der Waals surface area contributed by atoms with Crippen LogP contribution >= 0.6 is 0 Å². The van der Waals surface area contributed by atoms with Gasteiger partial charge in [-0.1, -0.05) is 27.7 Å². The van der Waals surface area contributed by atoms with Crippen LogP contribution in [0.1, 0.15) is 160 Å². The standard InChI is InChI=1S/C61H102O23/c1-15-28(2)56(67)78-34(8)60(68)20-21-61(69)38-17-16-36-22-37(18-19-58(36,10)39(38)23-44(59(60,61)11)79-35(9)62)80-45-24-40(63)51(30(4)73-45)81-46-25-41(64)52(31(5)74-46)82-47-26-42(70-12)53(32(6)75-47)83-48-27-43(71-13)54(33(7)76-48)84-57-50(66)55(72-14)49(65)29(3)77-57/h28-34,36-55,57,63-66,68-69H,15-27H2,1-14H3/t28-,29+,30-,31-,32-,33-,34-,36+,37-,38-,39+,40-,41-,42-,43-,44-,45+,46+,47+,48+,49+,50+,51-,52-,53-,54-,55-,57-,58-,59-,60-,61-/m1/s1. The van der Waals surface area contributed by atoms with E-state index in [1.807, 2.05) is 34.6 Å². The summed E-state index contributed by atoms with van der Waals surface area (Å²) in [7, 11) is 4.55. The monoisotopic (exact) mass is 1200 g/mol. The van der Waals surface area contributed by atoms with Crippen LogP contribution in [0.25, 0.3) is 0 Å². The van der Waals surface area contributed by atoms with Crippen molar-refractivity contribution in [2.24, 2.45) is 34.5 Å². The summed E-state index contributed by atoms with van der Waals surface area (Å²) in [6, 6.07) is 0. The normalized spacial score (nSPS) is 51.4. The van der Waals surface area contributed by atoms with Crippen LogP contribution in [0.15, 0.2) is 0 Å². The Morgan fingerprint density at radius 2 is 1.10 bits per heavy atom. The lowest BCUT2D eigenvalue weighted by Gasteiger charge is -2.66. The number of ether oxygens (including phenoxy) is 15. The second kappa shape index (κ2) is 26.6. The first-order valence-electron chi connectivity index (χ1n) is 31.3. The highest BCUT2D eigenvalue weighted by atomic mass is 16.8. The molecule has 9 fully saturated rings. The van der Waals surface area contributed by atoms with Crippen molar-refractivity contribution in [2.75, 3.05) is 21.3 Å². The van der Waals surface area contributed by atoms with Gasteiger partial charge in [0.25, 0.3) is 0 Å². The molecule has 0 aromatic carbocycles. The largest absolute Gasteiger partial charge is 0.462 e. The van der Waals surface area contributed by atoms with Crippen LogP contribution in [0.4, 0.5) is 0 Å². The molecule has 0 amide bonds. The summed E-state index contributed by atoms with van der Waals surface area (Å²) in [6.07, 6.45) is -11.9. The first kappa shape index (κ1) is 66.6. The minimum Gasteiger partial charge on any atom is -0.462 e. The van der Waals surface area contributed by atoms with Gasteiger partial charge in [0, 0.05) is 53.9 Å². The van der Waals surface area contributed by atoms with Gasteiger partial charge >= 0.3 is 11.9 Å². The summed E-state index contributed by atoms with van der Waals surface area (Å²) in [5.74, 6) is -1.21. The predicted octanol–water partition coefficient (Wildman–Crippen LogP) is 4.09. The smallest absolute Gasteiger partial charge is 0.309 e. The Labute approximate surface area is 495 Å². The molecular weight excluding hydrogens is 1100 g/mol. The summed E-state index contributed by atoms with van der Waals surface area (Å²) >= 11 is 0. The molecule has 32 atom stereocenters. The molecule has 84 heavy (non-hydrogen) atoms. The molecule has 9 aliphatic rings. The molecule has 0 radical (unpaired) electrons. The zero-order chi connectivity index (χ0) is 61.1. The molecule has 0 aromatic heterocycles. The van der Waals surface area contributed by atoms with Gasteiger partial charge in [-0.3, -0.25) is 9.59 Å². The van der Waals surface area contributed by atoms with Gasteiger partial charge in [0.1, 0.15) is 60.5 Å². The van der Waals surface area contributed by atoms with Crippen LogP contribution in [-0.2, 0) is 80.6 Å². The third-order valence-corrected chi connectivity index (χ3v) is 22.1. The van der Waals surface area contributed by atoms with Crippen LogP contribution in [-0.4, -0.2) is 223 Å². The van der Waals surface area contributed by atoms with Crippen LogP contribution in [0.5, 0.6) is 0 Å². The first-order valence-corrected chi connectivity index (χ1v) is 31.3. The summed E-state index contributed by atoms with van der Waals surface area (Å²) < 4.78 is 92.7. The van der Waals surface area contributed by atoms with Crippen molar-refractivity contribution in [2.45, 2.75) is 318 Å². The topological polar surface area (TPSA) is 294 Å². The zero-order valence-electron chi connectivity index (χ0n) is 52.0. The molecule has 0 aromatic rings. The molecule has 9 rings (SSSR count). The highest BCUT2D eigenvalue weighted by Crippen LogP contribution is 2.71. The summed E-state index contributed by atoms with van der Waals surface area (Å²) in [5, 5.41) is 70.3. The molecule has 5 aliphatic heterocycles. The van der Waals surface area contributed by atoms with Gasteiger partial charge in [0.05, 0.1) is 78.0 Å². The van der Waals surface area contributed by atoms with E-state index in [4.69, 9.17) is 71.1 Å². The van der Waals surface area contributed by atoms with Gasteiger partial charge < -0.3 is 102 Å². The highest BCUT2D eigenvalue weighted by Gasteiger charge is 2.77. The van der Waals surface area contributed by atoms with Gasteiger partial charge in [-0.25, -0.2) is 0 Å². The number of hydrogen-bond donors (Lipinski definition) is 6. The maximum absolute atomic E-state index is 13.1. The van der Waals surface area contributed by atoms with Crippen molar-refractivity contribution in [1.29, 1.82) is 0 Å². The summed E-state index contributed by atoms with van der Waals surface area (Å²) in [6.45, 7) is 19.8. The molecule has 23 nitrogen and oxygen atoms in total. The minimum absolute atomic E-state index is 0.0133. The predicted molar refractivity (Wildman–Crippen MR) is 295 cm³/mol. The third kappa shape index (κ3) is 12.5. The number of hydrogen-bond acceptors (Lipinski definition) is 23. The van der Waals surface area contributed by atoms with Crippen molar-refractivity contribution >= 4 is 11.9 Å². The molecule has 0 bridgehead atoms. The van der Waals surface area contributed by atoms with E-state index in [0.29, 0.717) is 19.3 Å². The number of aliphatic hydroxyl groups is 6. The number of aliphatic hydroxyl groups excluding tert-OH is 4. The number of fused-ring (bicyclic) bond motifs is 5. The van der Waals surface area contributed by atoms with E-state index in [2.05, 4.69) is 6.92 Å². The second-order valence-electron chi connectivity index (χ2n) is 26.8. The first-order chi connectivity index (χ1) is 39.6. The molecule has 4 aliphatic carbocycles. The molecular formula is C61H102O23. The lowest BCUT2D eigenvalue weighted by Crippen LogP contribution is -2.72. The lowest BCUT2D eigenvalue weighted by molar-refractivity contribution is -0.357. The van der Waals surface area contributed by atoms with Gasteiger partial charge in [-0.2, -0.15) is 0 Å². The van der Waals surface area contributed by atoms with Crippen molar-refractivity contribution in [1.82, 2.24) is 0 Å². The fourth-order valence-corrected chi connectivity index (χ4v) is 16.8. The maximum Gasteiger partial charge on any atom is 0.309 e. The average molecular weight is 1200 g/mol.